The lowest BCUT2D eigenvalue weighted by atomic mass is 9.96. The van der Waals surface area contributed by atoms with Crippen molar-refractivity contribution in [3.63, 3.8) is 0 Å². The van der Waals surface area contributed by atoms with Crippen LogP contribution in [-0.2, 0) is 6.42 Å². The molecule has 0 bridgehead atoms. The molecule has 1 nitrogen and oxygen atoms in total. The van der Waals surface area contributed by atoms with Gasteiger partial charge in [-0.1, -0.05) is 30.3 Å². The molecule has 3 rings (SSSR count). The van der Waals surface area contributed by atoms with Gasteiger partial charge in [-0.2, -0.15) is 0 Å². The van der Waals surface area contributed by atoms with Crippen LogP contribution in [-0.4, -0.2) is 5.78 Å². The van der Waals surface area contributed by atoms with Gasteiger partial charge in [-0.05, 0) is 39.5 Å². The Hall–Kier alpha value is -1.48. The first-order valence-electron chi connectivity index (χ1n) is 5.78. The Morgan fingerprint density at radius 1 is 0.944 bits per heavy atom. The summed E-state index contributed by atoms with van der Waals surface area (Å²) in [6.45, 7) is 0. The molecule has 1 aliphatic carbocycles. The van der Waals surface area contributed by atoms with E-state index in [0.29, 0.717) is 22.9 Å². The largest absolute Gasteiger partial charge is 0.294 e. The highest BCUT2D eigenvalue weighted by Gasteiger charge is 2.23. The van der Waals surface area contributed by atoms with Gasteiger partial charge in [0.15, 0.2) is 5.78 Å². The van der Waals surface area contributed by atoms with Crippen molar-refractivity contribution in [3.05, 3.63) is 57.8 Å². The van der Waals surface area contributed by atoms with Crippen molar-refractivity contribution >= 4 is 21.7 Å². The summed E-state index contributed by atoms with van der Waals surface area (Å²) in [6.07, 6.45) is 1.23. The molecule has 0 aromatic heterocycles. The quantitative estimate of drug-likeness (QED) is 0.764. The van der Waals surface area contributed by atoms with Gasteiger partial charge in [-0.3, -0.25) is 4.79 Å². The van der Waals surface area contributed by atoms with E-state index in [0.717, 1.165) is 16.7 Å². The number of hydrogen-bond donors (Lipinski definition) is 0. The van der Waals surface area contributed by atoms with E-state index in [1.807, 2.05) is 18.2 Å². The number of carbonyl (C=O) groups excluding carboxylic acids is 1. The highest BCUT2D eigenvalue weighted by Crippen LogP contribution is 2.35. The minimum atomic E-state index is -0.273. The summed E-state index contributed by atoms with van der Waals surface area (Å²) in [4.78, 5) is 11.7. The molecule has 0 N–H and O–H groups in total. The van der Waals surface area contributed by atoms with Crippen LogP contribution in [0.25, 0.3) is 11.1 Å². The summed E-state index contributed by atoms with van der Waals surface area (Å²) >= 11 is 3.19. The Balaban J connectivity index is 2.25. The zero-order chi connectivity index (χ0) is 12.7. The van der Waals surface area contributed by atoms with Gasteiger partial charge in [0.1, 0.15) is 5.82 Å². The van der Waals surface area contributed by atoms with E-state index < -0.39 is 0 Å². The Morgan fingerprint density at radius 2 is 1.61 bits per heavy atom. The zero-order valence-corrected chi connectivity index (χ0v) is 11.1. The first kappa shape index (κ1) is 11.6. The lowest BCUT2D eigenvalue weighted by Crippen LogP contribution is -1.94. The summed E-state index contributed by atoms with van der Waals surface area (Å²) in [5.74, 6) is -0.118. The molecule has 0 radical (unpaired) electrons. The fourth-order valence-electron chi connectivity index (χ4n) is 2.45. The normalized spacial score (nSPS) is 13.8. The molecule has 0 spiro atoms. The third kappa shape index (κ3) is 1.70. The van der Waals surface area contributed by atoms with E-state index in [4.69, 9.17) is 0 Å². The van der Waals surface area contributed by atoms with Gasteiger partial charge in [0, 0.05) is 17.5 Å². The summed E-state index contributed by atoms with van der Waals surface area (Å²) in [5, 5.41) is 0. The number of carbonyl (C=O) groups is 1. The number of Topliss-reactive ketones (excluding diaryl/α,β-unsaturated/α-hetero) is 1. The van der Waals surface area contributed by atoms with E-state index in [1.165, 1.54) is 0 Å². The van der Waals surface area contributed by atoms with Crippen LogP contribution in [0.15, 0.2) is 40.9 Å². The molecule has 90 valence electrons. The molecule has 0 saturated heterocycles. The topological polar surface area (TPSA) is 17.1 Å². The van der Waals surface area contributed by atoms with Crippen LogP contribution in [0.5, 0.6) is 0 Å². The molecule has 2 aromatic rings. The summed E-state index contributed by atoms with van der Waals surface area (Å²) < 4.78 is 14.6. The number of ketones is 1. The number of fused-ring (bicyclic) bond motifs is 1. The van der Waals surface area contributed by atoms with Gasteiger partial charge in [-0.25, -0.2) is 4.39 Å². The molecule has 18 heavy (non-hydrogen) atoms. The average molecular weight is 305 g/mol. The first-order chi connectivity index (χ1) is 8.68. The summed E-state index contributed by atoms with van der Waals surface area (Å²) in [5.41, 5.74) is 3.10. The average Bonchev–Trinajstić information content (AvgIpc) is 2.75. The van der Waals surface area contributed by atoms with Gasteiger partial charge in [0.2, 0.25) is 0 Å². The molecular weight excluding hydrogens is 295 g/mol. The molecule has 0 atom stereocenters. The van der Waals surface area contributed by atoms with Gasteiger partial charge in [0.05, 0.1) is 4.47 Å². The predicted octanol–water partition coefficient (Wildman–Crippen LogP) is 4.38. The molecule has 0 heterocycles. The fourth-order valence-corrected chi connectivity index (χ4v) is 2.82. The second-order valence-electron chi connectivity index (χ2n) is 4.36. The molecule has 0 unspecified atom stereocenters. The van der Waals surface area contributed by atoms with Gasteiger partial charge in [0.25, 0.3) is 0 Å². The minimum Gasteiger partial charge on any atom is -0.294 e. The predicted molar refractivity (Wildman–Crippen MR) is 72.2 cm³/mol. The highest BCUT2D eigenvalue weighted by molar-refractivity contribution is 9.10. The SMILES string of the molecule is O=C1CCc2c1cccc2-c1cccc(Br)c1F. The summed E-state index contributed by atoms with van der Waals surface area (Å²) in [7, 11) is 0. The summed E-state index contributed by atoms with van der Waals surface area (Å²) in [6, 6.07) is 10.7. The number of benzene rings is 2. The smallest absolute Gasteiger partial charge is 0.163 e. The Bertz CT molecular complexity index is 649. The van der Waals surface area contributed by atoms with Crippen molar-refractivity contribution in [2.45, 2.75) is 12.8 Å². The van der Waals surface area contributed by atoms with Crippen LogP contribution < -0.4 is 0 Å². The van der Waals surface area contributed by atoms with Crippen molar-refractivity contribution in [1.82, 2.24) is 0 Å². The maximum atomic E-state index is 14.1. The van der Waals surface area contributed by atoms with Gasteiger partial charge < -0.3 is 0 Å². The molecular formula is C15H10BrFO. The van der Waals surface area contributed by atoms with Crippen molar-refractivity contribution in [2.75, 3.05) is 0 Å². The van der Waals surface area contributed by atoms with Gasteiger partial charge in [-0.15, -0.1) is 0 Å². The molecule has 3 heteroatoms. The van der Waals surface area contributed by atoms with Crippen LogP contribution in [0.4, 0.5) is 4.39 Å². The van der Waals surface area contributed by atoms with E-state index in [9.17, 15) is 9.18 Å². The van der Waals surface area contributed by atoms with Crippen molar-refractivity contribution in [3.8, 4) is 11.1 Å². The minimum absolute atomic E-state index is 0.155. The van der Waals surface area contributed by atoms with E-state index >= 15 is 0 Å². The molecule has 0 saturated carbocycles. The lowest BCUT2D eigenvalue weighted by Gasteiger charge is -2.09. The number of hydrogen-bond acceptors (Lipinski definition) is 1. The van der Waals surface area contributed by atoms with Crippen LogP contribution >= 0.6 is 15.9 Å². The van der Waals surface area contributed by atoms with Crippen LogP contribution in [0.1, 0.15) is 22.3 Å². The Kier molecular flexibility index (Phi) is 2.78. The van der Waals surface area contributed by atoms with E-state index in [-0.39, 0.29) is 11.6 Å². The number of halogens is 2. The lowest BCUT2D eigenvalue weighted by molar-refractivity contribution is 0.0994. The third-order valence-electron chi connectivity index (χ3n) is 3.32. The van der Waals surface area contributed by atoms with Gasteiger partial charge >= 0.3 is 0 Å². The zero-order valence-electron chi connectivity index (χ0n) is 9.54. The maximum absolute atomic E-state index is 14.1. The van der Waals surface area contributed by atoms with Crippen molar-refractivity contribution in [1.29, 1.82) is 0 Å². The van der Waals surface area contributed by atoms with Crippen molar-refractivity contribution < 1.29 is 9.18 Å². The van der Waals surface area contributed by atoms with E-state index in [1.54, 1.807) is 18.2 Å². The highest BCUT2D eigenvalue weighted by atomic mass is 79.9. The maximum Gasteiger partial charge on any atom is 0.163 e. The van der Waals surface area contributed by atoms with E-state index in [2.05, 4.69) is 15.9 Å². The monoisotopic (exact) mass is 304 g/mol. The standard InChI is InChI=1S/C15H10BrFO/c16-13-6-2-5-12(15(13)17)9-3-1-4-11-10(9)7-8-14(11)18/h1-6H,7-8H2. The third-order valence-corrected chi connectivity index (χ3v) is 3.93. The molecule has 0 aliphatic heterocycles. The second kappa shape index (κ2) is 4.32. The van der Waals surface area contributed by atoms with Crippen molar-refractivity contribution in [2.24, 2.45) is 0 Å². The number of rotatable bonds is 1. The molecule has 2 aromatic carbocycles. The van der Waals surface area contributed by atoms with Crippen LogP contribution in [0.2, 0.25) is 0 Å². The molecule has 1 aliphatic rings. The Labute approximate surface area is 113 Å². The fraction of sp³-hybridized carbons (Fsp3) is 0.133. The van der Waals surface area contributed by atoms with Crippen LogP contribution in [0, 0.1) is 5.82 Å². The second-order valence-corrected chi connectivity index (χ2v) is 5.21. The van der Waals surface area contributed by atoms with Crippen LogP contribution in [0.3, 0.4) is 0 Å². The molecule has 0 amide bonds. The molecule has 0 fully saturated rings. The Morgan fingerprint density at radius 3 is 2.44 bits per heavy atom. The first-order valence-corrected chi connectivity index (χ1v) is 6.57.